The van der Waals surface area contributed by atoms with Gasteiger partial charge < -0.3 is 15.5 Å². The molecule has 0 saturated heterocycles. The highest BCUT2D eigenvalue weighted by molar-refractivity contribution is 7.88. The van der Waals surface area contributed by atoms with E-state index in [9.17, 15) is 13.2 Å². The number of nitrogens with zero attached hydrogens (tertiary/aromatic N) is 1. The van der Waals surface area contributed by atoms with Gasteiger partial charge in [-0.25, -0.2) is 12.7 Å². The van der Waals surface area contributed by atoms with E-state index in [0.29, 0.717) is 12.5 Å². The number of rotatable bonds is 6. The maximum Gasteiger partial charge on any atom is 0.287 e. The zero-order chi connectivity index (χ0) is 14.9. The van der Waals surface area contributed by atoms with Crippen LogP contribution in [0.4, 0.5) is 0 Å². The number of furan rings is 1. The summed E-state index contributed by atoms with van der Waals surface area (Å²) in [6.45, 7) is 0.361. The van der Waals surface area contributed by atoms with Gasteiger partial charge in [0.1, 0.15) is 0 Å². The Morgan fingerprint density at radius 3 is 2.62 bits per heavy atom. The van der Waals surface area contributed by atoms with Crippen LogP contribution in [-0.2, 0) is 10.0 Å². The number of hydrogen-bond acceptors (Lipinski definition) is 5. The number of halogens is 1. The predicted octanol–water partition coefficient (Wildman–Crippen LogP) is 0.419. The molecule has 0 bridgehead atoms. The highest BCUT2D eigenvalue weighted by Crippen LogP contribution is 2.31. The van der Waals surface area contributed by atoms with E-state index >= 15 is 0 Å². The highest BCUT2D eigenvalue weighted by Gasteiger charge is 2.29. The van der Waals surface area contributed by atoms with Crippen molar-refractivity contribution in [3.63, 3.8) is 0 Å². The summed E-state index contributed by atoms with van der Waals surface area (Å²) >= 11 is 0. The molecule has 1 unspecified atom stereocenters. The molecule has 0 radical (unpaired) electrons. The predicted molar refractivity (Wildman–Crippen MR) is 79.9 cm³/mol. The lowest BCUT2D eigenvalue weighted by Crippen LogP contribution is -2.38. The number of carbonyl (C=O) groups is 1. The molecule has 1 aromatic rings. The van der Waals surface area contributed by atoms with Crippen molar-refractivity contribution in [1.82, 2.24) is 9.62 Å². The fourth-order valence-corrected chi connectivity index (χ4v) is 2.54. The Balaban J connectivity index is 0.00000220. The van der Waals surface area contributed by atoms with Crippen molar-refractivity contribution in [2.45, 2.75) is 24.0 Å². The average molecular weight is 338 g/mol. The Labute approximate surface area is 130 Å². The molecule has 7 nitrogen and oxygen atoms in total. The van der Waals surface area contributed by atoms with Gasteiger partial charge in [0.25, 0.3) is 15.9 Å². The zero-order valence-corrected chi connectivity index (χ0v) is 13.5. The number of amides is 1. The lowest BCUT2D eigenvalue weighted by atomic mass is 10.2. The third-order valence-electron chi connectivity index (χ3n) is 3.27. The summed E-state index contributed by atoms with van der Waals surface area (Å²) in [5, 5.41) is 2.40. The molecule has 1 heterocycles. The molecule has 1 atom stereocenters. The monoisotopic (exact) mass is 337 g/mol. The molecule has 1 saturated carbocycles. The molecule has 3 N–H and O–H groups in total. The fraction of sp³-hybridized carbons (Fsp3) is 0.583. The van der Waals surface area contributed by atoms with E-state index in [2.05, 4.69) is 5.32 Å². The molecule has 1 fully saturated rings. The maximum atomic E-state index is 11.8. The number of nitrogens with two attached hydrogens (primary N) is 1. The fourth-order valence-electron chi connectivity index (χ4n) is 1.75. The molecular weight excluding hydrogens is 318 g/mol. The van der Waals surface area contributed by atoms with E-state index in [0.717, 1.165) is 17.1 Å². The van der Waals surface area contributed by atoms with Crippen molar-refractivity contribution >= 4 is 28.3 Å². The third kappa shape index (κ3) is 4.19. The summed E-state index contributed by atoms with van der Waals surface area (Å²) in [6, 6.07) is 2.55. The quantitative estimate of drug-likeness (QED) is 0.782. The SMILES string of the molecule is CN(C)S(=O)(=O)c1ccc(C(=O)NCC(N)C2CC2)o1.Cl. The van der Waals surface area contributed by atoms with Crippen molar-refractivity contribution in [2.24, 2.45) is 11.7 Å². The minimum Gasteiger partial charge on any atom is -0.438 e. The minimum absolute atomic E-state index is 0. The summed E-state index contributed by atoms with van der Waals surface area (Å²) in [7, 11) is -0.872. The van der Waals surface area contributed by atoms with Crippen molar-refractivity contribution in [3.8, 4) is 0 Å². The molecule has 0 spiro atoms. The van der Waals surface area contributed by atoms with E-state index in [4.69, 9.17) is 10.2 Å². The summed E-state index contributed by atoms with van der Waals surface area (Å²) in [5.41, 5.74) is 5.87. The maximum absolute atomic E-state index is 11.8. The first kappa shape index (κ1) is 18.0. The Morgan fingerprint density at radius 2 is 2.10 bits per heavy atom. The van der Waals surface area contributed by atoms with Gasteiger partial charge in [0.2, 0.25) is 5.09 Å². The van der Waals surface area contributed by atoms with Crippen LogP contribution in [0.2, 0.25) is 0 Å². The average Bonchev–Trinajstić information content (AvgIpc) is 3.11. The largest absolute Gasteiger partial charge is 0.438 e. The van der Waals surface area contributed by atoms with Crippen LogP contribution in [0.1, 0.15) is 23.4 Å². The van der Waals surface area contributed by atoms with Gasteiger partial charge in [0, 0.05) is 26.7 Å². The van der Waals surface area contributed by atoms with E-state index in [1.807, 2.05) is 0 Å². The Bertz CT molecular complexity index is 595. The second-order valence-electron chi connectivity index (χ2n) is 5.12. The number of nitrogens with one attached hydrogen (secondary N) is 1. The molecule has 21 heavy (non-hydrogen) atoms. The van der Waals surface area contributed by atoms with Crippen molar-refractivity contribution in [3.05, 3.63) is 17.9 Å². The van der Waals surface area contributed by atoms with Gasteiger partial charge in [0.15, 0.2) is 5.76 Å². The molecule has 0 aliphatic heterocycles. The van der Waals surface area contributed by atoms with Gasteiger partial charge in [-0.05, 0) is 30.9 Å². The molecule has 120 valence electrons. The first-order chi connectivity index (χ1) is 9.32. The van der Waals surface area contributed by atoms with Gasteiger partial charge in [-0.15, -0.1) is 12.4 Å². The van der Waals surface area contributed by atoms with Gasteiger partial charge in [0.05, 0.1) is 0 Å². The summed E-state index contributed by atoms with van der Waals surface area (Å²) in [5.74, 6) is -0.00805. The first-order valence-electron chi connectivity index (χ1n) is 6.38. The second kappa shape index (κ2) is 6.78. The number of hydrogen-bond donors (Lipinski definition) is 2. The molecule has 9 heteroatoms. The van der Waals surface area contributed by atoms with Crippen LogP contribution in [0.3, 0.4) is 0 Å². The van der Waals surface area contributed by atoms with E-state index in [1.165, 1.54) is 26.2 Å². The lowest BCUT2D eigenvalue weighted by molar-refractivity contribution is 0.0917. The second-order valence-corrected chi connectivity index (χ2v) is 7.20. The van der Waals surface area contributed by atoms with Crippen LogP contribution in [-0.4, -0.2) is 45.3 Å². The van der Waals surface area contributed by atoms with Crippen LogP contribution in [0.15, 0.2) is 21.6 Å². The number of sulfonamides is 1. The zero-order valence-electron chi connectivity index (χ0n) is 11.9. The van der Waals surface area contributed by atoms with Gasteiger partial charge in [-0.3, -0.25) is 4.79 Å². The number of carbonyl (C=O) groups excluding carboxylic acids is 1. The summed E-state index contributed by atoms with van der Waals surface area (Å²) in [6.07, 6.45) is 2.20. The molecule has 1 aromatic heterocycles. The Kier molecular flexibility index (Phi) is 5.80. The highest BCUT2D eigenvalue weighted by atomic mass is 35.5. The van der Waals surface area contributed by atoms with E-state index in [-0.39, 0.29) is 29.3 Å². The third-order valence-corrected chi connectivity index (χ3v) is 4.96. The van der Waals surface area contributed by atoms with Crippen LogP contribution < -0.4 is 11.1 Å². The molecule has 2 rings (SSSR count). The standard InChI is InChI=1S/C12H19N3O4S.ClH/c1-15(2)20(17,18)11-6-5-10(19-11)12(16)14-7-9(13)8-3-4-8;/h5-6,8-9H,3-4,7,13H2,1-2H3,(H,14,16);1H. The van der Waals surface area contributed by atoms with E-state index in [1.54, 1.807) is 0 Å². The smallest absolute Gasteiger partial charge is 0.287 e. The van der Waals surface area contributed by atoms with Crippen LogP contribution in [0.25, 0.3) is 0 Å². The van der Waals surface area contributed by atoms with Crippen molar-refractivity contribution in [1.29, 1.82) is 0 Å². The minimum atomic E-state index is -3.66. The first-order valence-corrected chi connectivity index (χ1v) is 7.82. The summed E-state index contributed by atoms with van der Waals surface area (Å²) in [4.78, 5) is 11.8. The molecule has 1 aliphatic carbocycles. The van der Waals surface area contributed by atoms with Crippen LogP contribution >= 0.6 is 12.4 Å². The Hall–Kier alpha value is -1.09. The summed E-state index contributed by atoms with van der Waals surface area (Å²) < 4.78 is 29.7. The van der Waals surface area contributed by atoms with Crippen LogP contribution in [0.5, 0.6) is 0 Å². The van der Waals surface area contributed by atoms with Gasteiger partial charge >= 0.3 is 0 Å². The van der Waals surface area contributed by atoms with Crippen LogP contribution in [0, 0.1) is 5.92 Å². The van der Waals surface area contributed by atoms with Crippen molar-refractivity contribution in [2.75, 3.05) is 20.6 Å². The molecule has 1 aliphatic rings. The lowest BCUT2D eigenvalue weighted by Gasteiger charge is -2.10. The van der Waals surface area contributed by atoms with Crippen molar-refractivity contribution < 1.29 is 17.6 Å². The molecular formula is C12H20ClN3O4S. The van der Waals surface area contributed by atoms with Gasteiger partial charge in [-0.1, -0.05) is 0 Å². The van der Waals surface area contributed by atoms with Gasteiger partial charge in [-0.2, -0.15) is 0 Å². The molecule has 0 aromatic carbocycles. The topological polar surface area (TPSA) is 106 Å². The van der Waals surface area contributed by atoms with E-state index < -0.39 is 15.9 Å². The molecule has 1 amide bonds. The Morgan fingerprint density at radius 1 is 1.48 bits per heavy atom. The normalized spacial score (nSPS) is 16.4.